The second kappa shape index (κ2) is 5.07. The summed E-state index contributed by atoms with van der Waals surface area (Å²) in [4.78, 5) is 4.42. The van der Waals surface area contributed by atoms with Crippen molar-refractivity contribution in [1.82, 2.24) is 10.3 Å². The van der Waals surface area contributed by atoms with Crippen molar-refractivity contribution in [1.29, 1.82) is 0 Å². The van der Waals surface area contributed by atoms with Crippen LogP contribution in [0.3, 0.4) is 0 Å². The van der Waals surface area contributed by atoms with E-state index in [1.807, 2.05) is 19.1 Å². The van der Waals surface area contributed by atoms with Gasteiger partial charge in [0.25, 0.3) is 0 Å². The molecule has 0 saturated heterocycles. The first-order valence-corrected chi connectivity index (χ1v) is 6.20. The molecule has 0 aliphatic rings. The Kier molecular flexibility index (Phi) is 3.69. The number of nitrogens with zero attached hydrogens (tertiary/aromatic N) is 1. The highest BCUT2D eigenvalue weighted by molar-refractivity contribution is 6.31. The Labute approximate surface area is 106 Å². The van der Waals surface area contributed by atoms with E-state index in [0.717, 1.165) is 23.2 Å². The van der Waals surface area contributed by atoms with E-state index < -0.39 is 0 Å². The maximum Gasteiger partial charge on any atom is 0.209 e. The van der Waals surface area contributed by atoms with E-state index in [0.29, 0.717) is 23.4 Å². The maximum absolute atomic E-state index is 5.98. The normalized spacial score (nSPS) is 11.6. The van der Waals surface area contributed by atoms with Crippen LogP contribution in [0.15, 0.2) is 16.5 Å². The molecule has 0 spiro atoms. The highest BCUT2D eigenvalue weighted by Crippen LogP contribution is 2.24. The minimum Gasteiger partial charge on any atom is -0.439 e. The van der Waals surface area contributed by atoms with Crippen LogP contribution in [0.25, 0.3) is 11.1 Å². The molecule has 0 saturated carbocycles. The van der Waals surface area contributed by atoms with Crippen LogP contribution in [-0.2, 0) is 6.54 Å². The fraction of sp³-hybridized carbons (Fsp3) is 0.462. The van der Waals surface area contributed by atoms with Gasteiger partial charge in [-0.1, -0.05) is 25.4 Å². The minimum atomic E-state index is 0.621. The monoisotopic (exact) mass is 252 g/mol. The first-order chi connectivity index (χ1) is 8.06. The third-order valence-corrected chi connectivity index (χ3v) is 2.73. The molecule has 4 heteroatoms. The molecule has 0 amide bonds. The van der Waals surface area contributed by atoms with Crippen molar-refractivity contribution in [3.05, 3.63) is 28.6 Å². The van der Waals surface area contributed by atoms with Crippen molar-refractivity contribution in [2.45, 2.75) is 27.3 Å². The van der Waals surface area contributed by atoms with Crippen LogP contribution >= 0.6 is 11.6 Å². The van der Waals surface area contributed by atoms with Gasteiger partial charge in [-0.05, 0) is 37.1 Å². The average molecular weight is 253 g/mol. The lowest BCUT2D eigenvalue weighted by Crippen LogP contribution is -2.19. The Hall–Kier alpha value is -1.06. The van der Waals surface area contributed by atoms with Crippen LogP contribution in [-0.4, -0.2) is 11.5 Å². The Morgan fingerprint density at radius 3 is 2.88 bits per heavy atom. The summed E-state index contributed by atoms with van der Waals surface area (Å²) in [5.74, 6) is 1.33. The zero-order valence-corrected chi connectivity index (χ0v) is 11.1. The van der Waals surface area contributed by atoms with E-state index in [1.165, 1.54) is 0 Å². The maximum atomic E-state index is 5.98. The topological polar surface area (TPSA) is 38.1 Å². The number of aromatic nitrogens is 1. The van der Waals surface area contributed by atoms with Gasteiger partial charge in [0.1, 0.15) is 5.52 Å². The van der Waals surface area contributed by atoms with Gasteiger partial charge in [-0.2, -0.15) is 0 Å². The second-order valence-corrected chi connectivity index (χ2v) is 5.14. The minimum absolute atomic E-state index is 0.621. The fourth-order valence-corrected chi connectivity index (χ4v) is 2.01. The number of oxazole rings is 1. The van der Waals surface area contributed by atoms with Crippen molar-refractivity contribution in [2.75, 3.05) is 6.54 Å². The van der Waals surface area contributed by atoms with Crippen molar-refractivity contribution < 1.29 is 4.42 Å². The number of halogens is 1. The van der Waals surface area contributed by atoms with E-state index in [2.05, 4.69) is 24.1 Å². The Morgan fingerprint density at radius 1 is 1.41 bits per heavy atom. The molecule has 0 fully saturated rings. The first kappa shape index (κ1) is 12.4. The zero-order chi connectivity index (χ0) is 12.4. The average Bonchev–Trinajstić information content (AvgIpc) is 2.60. The molecular weight excluding hydrogens is 236 g/mol. The summed E-state index contributed by atoms with van der Waals surface area (Å²) in [5.41, 5.74) is 2.68. The van der Waals surface area contributed by atoms with Crippen LogP contribution in [0.2, 0.25) is 5.02 Å². The third kappa shape index (κ3) is 2.99. The summed E-state index contributed by atoms with van der Waals surface area (Å²) in [5, 5.41) is 4.01. The quantitative estimate of drug-likeness (QED) is 0.905. The first-order valence-electron chi connectivity index (χ1n) is 5.82. The highest BCUT2D eigenvalue weighted by Gasteiger charge is 2.09. The molecule has 1 heterocycles. The molecule has 0 bridgehead atoms. The zero-order valence-electron chi connectivity index (χ0n) is 10.4. The van der Waals surface area contributed by atoms with Crippen molar-refractivity contribution in [3.63, 3.8) is 0 Å². The van der Waals surface area contributed by atoms with Gasteiger partial charge < -0.3 is 9.73 Å². The third-order valence-electron chi connectivity index (χ3n) is 2.51. The molecule has 0 aliphatic carbocycles. The Morgan fingerprint density at radius 2 is 2.18 bits per heavy atom. The molecule has 92 valence electrons. The number of nitrogens with one attached hydrogen (secondary N) is 1. The van der Waals surface area contributed by atoms with E-state index >= 15 is 0 Å². The van der Waals surface area contributed by atoms with Crippen LogP contribution < -0.4 is 5.32 Å². The molecule has 1 aromatic heterocycles. The molecule has 1 aromatic carbocycles. The molecule has 1 N–H and O–H groups in total. The molecule has 0 aliphatic heterocycles. The van der Waals surface area contributed by atoms with Gasteiger partial charge in [0.05, 0.1) is 6.54 Å². The molecule has 17 heavy (non-hydrogen) atoms. The van der Waals surface area contributed by atoms with Gasteiger partial charge in [-0.3, -0.25) is 0 Å². The molecule has 0 atom stereocenters. The van der Waals surface area contributed by atoms with Crippen LogP contribution in [0.5, 0.6) is 0 Å². The summed E-state index contributed by atoms with van der Waals surface area (Å²) < 4.78 is 5.70. The van der Waals surface area contributed by atoms with Gasteiger partial charge in [0.15, 0.2) is 5.58 Å². The molecule has 2 rings (SSSR count). The summed E-state index contributed by atoms with van der Waals surface area (Å²) in [6.07, 6.45) is 0. The molecule has 3 nitrogen and oxygen atoms in total. The van der Waals surface area contributed by atoms with Crippen LogP contribution in [0.4, 0.5) is 0 Å². The number of benzene rings is 1. The van der Waals surface area contributed by atoms with Gasteiger partial charge >= 0.3 is 0 Å². The van der Waals surface area contributed by atoms with Crippen molar-refractivity contribution in [2.24, 2.45) is 5.92 Å². The molecular formula is C13H17ClN2O. The summed E-state index contributed by atoms with van der Waals surface area (Å²) in [6.45, 7) is 7.93. The fourth-order valence-electron chi connectivity index (χ4n) is 1.75. The Bertz CT molecular complexity index is 519. The lowest BCUT2D eigenvalue weighted by Gasteiger charge is -2.03. The number of fused-ring (bicyclic) bond motifs is 1. The van der Waals surface area contributed by atoms with Gasteiger partial charge in [-0.15, -0.1) is 0 Å². The molecule has 2 aromatic rings. The van der Waals surface area contributed by atoms with Gasteiger partial charge in [0.2, 0.25) is 5.89 Å². The largest absolute Gasteiger partial charge is 0.439 e. The lowest BCUT2D eigenvalue weighted by molar-refractivity contribution is 0.470. The van der Waals surface area contributed by atoms with Gasteiger partial charge in [-0.25, -0.2) is 4.98 Å². The van der Waals surface area contributed by atoms with Crippen molar-refractivity contribution >= 4 is 22.7 Å². The van der Waals surface area contributed by atoms with Gasteiger partial charge in [0, 0.05) is 5.02 Å². The predicted octanol–water partition coefficient (Wildman–Crippen LogP) is 3.54. The summed E-state index contributed by atoms with van der Waals surface area (Å²) >= 11 is 5.98. The summed E-state index contributed by atoms with van der Waals surface area (Å²) in [6, 6.07) is 3.72. The predicted molar refractivity (Wildman–Crippen MR) is 70.3 cm³/mol. The molecule has 0 unspecified atom stereocenters. The van der Waals surface area contributed by atoms with Crippen LogP contribution in [0.1, 0.15) is 25.3 Å². The van der Waals surface area contributed by atoms with E-state index in [9.17, 15) is 0 Å². The molecule has 0 radical (unpaired) electrons. The van der Waals surface area contributed by atoms with Crippen LogP contribution in [0, 0.1) is 12.8 Å². The summed E-state index contributed by atoms with van der Waals surface area (Å²) in [7, 11) is 0. The second-order valence-electron chi connectivity index (χ2n) is 4.70. The number of hydrogen-bond acceptors (Lipinski definition) is 3. The smallest absolute Gasteiger partial charge is 0.209 e. The standard InChI is InChI=1S/C13H17ClN2O/c1-8(2)6-15-7-12-16-11-5-10(14)4-9(3)13(11)17-12/h4-5,8,15H,6-7H2,1-3H3. The Balaban J connectivity index is 2.17. The van der Waals surface area contributed by atoms with E-state index in [1.54, 1.807) is 0 Å². The number of aryl methyl sites for hydroxylation is 1. The van der Waals surface area contributed by atoms with E-state index in [-0.39, 0.29) is 0 Å². The number of hydrogen-bond donors (Lipinski definition) is 1. The van der Waals surface area contributed by atoms with E-state index in [4.69, 9.17) is 16.0 Å². The lowest BCUT2D eigenvalue weighted by atomic mass is 10.2. The number of rotatable bonds is 4. The highest BCUT2D eigenvalue weighted by atomic mass is 35.5. The van der Waals surface area contributed by atoms with Crippen molar-refractivity contribution in [3.8, 4) is 0 Å². The SMILES string of the molecule is Cc1cc(Cl)cc2nc(CNCC(C)C)oc12.